The molecule has 0 atom stereocenters. The molecular weight excluding hydrogens is 443 g/mol. The van der Waals surface area contributed by atoms with Crippen LogP contribution < -0.4 is 10.2 Å². The van der Waals surface area contributed by atoms with E-state index in [2.05, 4.69) is 40.2 Å². The normalized spacial score (nSPS) is 32.1. The van der Waals surface area contributed by atoms with E-state index in [-0.39, 0.29) is 12.0 Å². The number of nitrogens with one attached hydrogen (secondary N) is 1. The number of piperazine rings is 1. The highest BCUT2D eigenvalue weighted by Crippen LogP contribution is 2.54. The van der Waals surface area contributed by atoms with Crippen LogP contribution in [0, 0.1) is 35.1 Å². The van der Waals surface area contributed by atoms with E-state index in [0.29, 0.717) is 43.9 Å². The van der Waals surface area contributed by atoms with Gasteiger partial charge in [-0.2, -0.15) is 18.4 Å². The predicted octanol–water partition coefficient (Wildman–Crippen LogP) is 3.69. The molecule has 5 fully saturated rings. The van der Waals surface area contributed by atoms with Crippen molar-refractivity contribution in [2.45, 2.75) is 63.7 Å². The monoisotopic (exact) mass is 475 g/mol. The summed E-state index contributed by atoms with van der Waals surface area (Å²) in [6.45, 7) is 6.37. The lowest BCUT2D eigenvalue weighted by atomic mass is 9.54. The van der Waals surface area contributed by atoms with Gasteiger partial charge in [0, 0.05) is 32.4 Å². The van der Waals surface area contributed by atoms with E-state index >= 15 is 0 Å². The van der Waals surface area contributed by atoms with Crippen molar-refractivity contribution in [2.24, 2.45) is 28.7 Å². The van der Waals surface area contributed by atoms with Crippen LogP contribution in [0.15, 0.2) is 17.3 Å². The van der Waals surface area contributed by atoms with Crippen molar-refractivity contribution in [3.05, 3.63) is 18.0 Å². The third-order valence-corrected chi connectivity index (χ3v) is 8.50. The topological polar surface area (TPSA) is 80.4 Å². The first-order valence-electron chi connectivity index (χ1n) is 12.3. The molecular formula is C24H32F3N7. The number of hydrogen-bond acceptors (Lipinski definition) is 6. The highest BCUT2D eigenvalue weighted by atomic mass is 19.4. The van der Waals surface area contributed by atoms with Crippen LogP contribution in [0.1, 0.15) is 51.6 Å². The summed E-state index contributed by atoms with van der Waals surface area (Å²) < 4.78 is 39.2. The number of rotatable bonds is 4. The van der Waals surface area contributed by atoms with E-state index in [1.807, 2.05) is 0 Å². The van der Waals surface area contributed by atoms with Crippen molar-refractivity contribution in [1.29, 1.82) is 5.26 Å². The first-order chi connectivity index (χ1) is 16.1. The molecule has 0 spiro atoms. The number of nitrogens with zero attached hydrogens (tertiary/aromatic N) is 6. The van der Waals surface area contributed by atoms with Gasteiger partial charge < -0.3 is 4.90 Å². The SMILES string of the molecule is CC(C)(C(=NC1C2CC3CC(C2)CC1C3)NC#N)N1CCN(c2nccc(C(F)(F)F)n2)CC1. The summed E-state index contributed by atoms with van der Waals surface area (Å²) in [5.41, 5.74) is -1.42. The smallest absolute Gasteiger partial charge is 0.338 e. The number of amidine groups is 1. The largest absolute Gasteiger partial charge is 0.433 e. The Kier molecular flexibility index (Phi) is 5.95. The summed E-state index contributed by atoms with van der Waals surface area (Å²) in [5.74, 6) is 3.78. The highest BCUT2D eigenvalue weighted by Gasteiger charge is 2.49. The summed E-state index contributed by atoms with van der Waals surface area (Å²) in [6.07, 6.45) is 5.20. The number of aliphatic imine (C=N–C) groups is 1. The standard InChI is InChI=1S/C24H32F3N7/c1-23(2,21(30-14-28)32-20-17-10-15-9-16(12-17)13-18(20)11-15)34-7-5-33(6-8-34)22-29-4-3-19(31-22)24(25,26)27/h3-4,15-18,20H,5-13H2,1-2H3,(H,30,32). The molecule has 0 radical (unpaired) electrons. The molecule has 5 aliphatic rings. The Morgan fingerprint density at radius 2 is 1.68 bits per heavy atom. The van der Waals surface area contributed by atoms with E-state index in [9.17, 15) is 18.4 Å². The summed E-state index contributed by atoms with van der Waals surface area (Å²) >= 11 is 0. The molecule has 4 bridgehead atoms. The van der Waals surface area contributed by atoms with Crippen molar-refractivity contribution in [3.8, 4) is 6.19 Å². The van der Waals surface area contributed by atoms with Gasteiger partial charge in [-0.3, -0.25) is 15.2 Å². The van der Waals surface area contributed by atoms with Crippen molar-refractivity contribution < 1.29 is 13.2 Å². The Labute approximate surface area is 198 Å². The third kappa shape index (κ3) is 4.35. The molecule has 0 amide bonds. The zero-order valence-corrected chi connectivity index (χ0v) is 19.7. The van der Waals surface area contributed by atoms with E-state index in [1.54, 1.807) is 4.90 Å². The lowest BCUT2D eigenvalue weighted by Gasteiger charge is -2.53. The van der Waals surface area contributed by atoms with Crippen LogP contribution in [0.25, 0.3) is 0 Å². The fraction of sp³-hybridized carbons (Fsp3) is 0.750. The van der Waals surface area contributed by atoms with Crippen molar-refractivity contribution in [1.82, 2.24) is 20.2 Å². The molecule has 184 valence electrons. The van der Waals surface area contributed by atoms with Crippen LogP contribution in [-0.4, -0.2) is 58.5 Å². The summed E-state index contributed by atoms with van der Waals surface area (Å²) in [4.78, 5) is 17.0. The second-order valence-corrected chi connectivity index (χ2v) is 10.9. The number of halogens is 3. The maximum Gasteiger partial charge on any atom is 0.433 e. The maximum absolute atomic E-state index is 13.1. The van der Waals surface area contributed by atoms with E-state index < -0.39 is 17.4 Å². The van der Waals surface area contributed by atoms with Crippen LogP contribution in [0.2, 0.25) is 0 Å². The van der Waals surface area contributed by atoms with Crippen LogP contribution in [0.4, 0.5) is 19.1 Å². The molecule has 1 N–H and O–H groups in total. The molecule has 1 aromatic heterocycles. The second kappa shape index (κ2) is 8.67. The molecule has 6 rings (SSSR count). The molecule has 34 heavy (non-hydrogen) atoms. The molecule has 10 heteroatoms. The van der Waals surface area contributed by atoms with E-state index in [4.69, 9.17) is 4.99 Å². The number of anilines is 1. The van der Waals surface area contributed by atoms with Gasteiger partial charge in [0.1, 0.15) is 11.5 Å². The second-order valence-electron chi connectivity index (χ2n) is 10.9. The number of alkyl halides is 3. The van der Waals surface area contributed by atoms with Crippen LogP contribution in [0.3, 0.4) is 0 Å². The average molecular weight is 476 g/mol. The first kappa shape index (κ1) is 23.3. The van der Waals surface area contributed by atoms with Gasteiger partial charge in [-0.1, -0.05) is 0 Å². The maximum atomic E-state index is 13.1. The summed E-state index contributed by atoms with van der Waals surface area (Å²) in [6, 6.07) is 1.17. The number of aromatic nitrogens is 2. The van der Waals surface area contributed by atoms with Crippen LogP contribution in [0.5, 0.6) is 0 Å². The molecule has 7 nitrogen and oxygen atoms in total. The first-order valence-corrected chi connectivity index (χ1v) is 12.3. The van der Waals surface area contributed by atoms with Gasteiger partial charge in [0.05, 0.1) is 11.6 Å². The van der Waals surface area contributed by atoms with Crippen LogP contribution >= 0.6 is 0 Å². The highest BCUT2D eigenvalue weighted by molar-refractivity contribution is 5.92. The van der Waals surface area contributed by atoms with Gasteiger partial charge in [-0.25, -0.2) is 9.97 Å². The minimum absolute atomic E-state index is 0.102. The summed E-state index contributed by atoms with van der Waals surface area (Å²) in [5, 5.41) is 12.4. The molecule has 0 unspecified atom stereocenters. The molecule has 1 saturated heterocycles. The molecule has 2 heterocycles. The molecule has 0 aromatic carbocycles. The zero-order chi connectivity index (χ0) is 24.1. The van der Waals surface area contributed by atoms with Gasteiger partial charge in [0.25, 0.3) is 0 Å². The average Bonchev–Trinajstić information content (AvgIpc) is 2.80. The van der Waals surface area contributed by atoms with Crippen LogP contribution in [-0.2, 0) is 6.18 Å². The van der Waals surface area contributed by atoms with Gasteiger partial charge >= 0.3 is 6.18 Å². The van der Waals surface area contributed by atoms with Crippen molar-refractivity contribution in [2.75, 3.05) is 31.1 Å². The Hall–Kier alpha value is -2.41. The number of nitriles is 1. The Morgan fingerprint density at radius 1 is 1.06 bits per heavy atom. The van der Waals surface area contributed by atoms with Gasteiger partial charge in [-0.05, 0) is 75.7 Å². The van der Waals surface area contributed by atoms with Crippen molar-refractivity contribution in [3.63, 3.8) is 0 Å². The zero-order valence-electron chi connectivity index (χ0n) is 19.7. The fourth-order valence-corrected chi connectivity index (χ4v) is 6.93. The Balaban J connectivity index is 1.29. The van der Waals surface area contributed by atoms with Gasteiger partial charge in [0.2, 0.25) is 5.95 Å². The van der Waals surface area contributed by atoms with E-state index in [1.165, 1.54) is 32.1 Å². The minimum Gasteiger partial charge on any atom is -0.338 e. The number of hydrogen-bond donors (Lipinski definition) is 1. The van der Waals surface area contributed by atoms with Crippen molar-refractivity contribution >= 4 is 11.8 Å². The van der Waals surface area contributed by atoms with E-state index in [0.717, 1.165) is 24.1 Å². The summed E-state index contributed by atoms with van der Waals surface area (Å²) in [7, 11) is 0. The molecule has 1 aliphatic heterocycles. The predicted molar refractivity (Wildman–Crippen MR) is 122 cm³/mol. The molecule has 4 aliphatic carbocycles. The molecule has 1 aromatic rings. The third-order valence-electron chi connectivity index (χ3n) is 8.50. The fourth-order valence-electron chi connectivity index (χ4n) is 6.93. The lowest BCUT2D eigenvalue weighted by molar-refractivity contribution is -0.141. The minimum atomic E-state index is -4.49. The van der Waals surface area contributed by atoms with Gasteiger partial charge in [0.15, 0.2) is 6.19 Å². The molecule has 4 saturated carbocycles. The quantitative estimate of drug-likeness (QED) is 0.310. The van der Waals surface area contributed by atoms with Gasteiger partial charge in [-0.15, -0.1) is 0 Å². The Morgan fingerprint density at radius 3 is 2.24 bits per heavy atom. The lowest BCUT2D eigenvalue weighted by Crippen LogP contribution is -2.61. The Bertz CT molecular complexity index is 948.